The molecule has 2 atom stereocenters. The zero-order valence-electron chi connectivity index (χ0n) is 17.5. The molecule has 1 heterocycles. The molecule has 31 heavy (non-hydrogen) atoms. The van der Waals surface area contributed by atoms with E-state index in [0.717, 1.165) is 27.7 Å². The molecule has 0 unspecified atom stereocenters. The fourth-order valence-corrected chi connectivity index (χ4v) is 3.83. The van der Waals surface area contributed by atoms with E-state index in [2.05, 4.69) is 18.4 Å². The SMILES string of the molecule is CC(C)n1c(/C=C/[C@@H](O)C[C@@H](O)CC(=O)NO)c(-c2ccc(F)cc2)c2ccccc21. The van der Waals surface area contributed by atoms with Crippen molar-refractivity contribution in [3.05, 3.63) is 66.1 Å². The molecule has 0 bridgehead atoms. The molecule has 0 aliphatic heterocycles. The minimum absolute atomic E-state index is 0.0578. The van der Waals surface area contributed by atoms with Crippen molar-refractivity contribution in [3.8, 4) is 11.1 Å². The van der Waals surface area contributed by atoms with E-state index in [4.69, 9.17) is 5.21 Å². The molecule has 7 heteroatoms. The van der Waals surface area contributed by atoms with Crippen LogP contribution in [-0.2, 0) is 4.79 Å². The Morgan fingerprint density at radius 3 is 2.45 bits per heavy atom. The molecule has 0 saturated heterocycles. The van der Waals surface area contributed by atoms with Crippen molar-refractivity contribution in [2.45, 2.75) is 44.9 Å². The number of fused-ring (bicyclic) bond motifs is 1. The lowest BCUT2D eigenvalue weighted by Gasteiger charge is -2.15. The summed E-state index contributed by atoms with van der Waals surface area (Å²) in [7, 11) is 0. The molecule has 0 fully saturated rings. The standard InChI is InChI=1S/C24H27FN2O4/c1-15(2)27-21-6-4-3-5-20(21)24(16-7-9-17(25)10-8-16)22(27)12-11-18(28)13-19(29)14-23(30)26-31/h3-12,15,18-19,28-29,31H,13-14H2,1-2H3,(H,26,30)/b12-11+/t18-,19-/m1/s1. The number of nitrogens with zero attached hydrogens (tertiary/aromatic N) is 1. The van der Waals surface area contributed by atoms with Crippen molar-refractivity contribution < 1.29 is 24.6 Å². The highest BCUT2D eigenvalue weighted by Gasteiger charge is 2.19. The summed E-state index contributed by atoms with van der Waals surface area (Å²) >= 11 is 0. The number of carbonyl (C=O) groups is 1. The number of nitrogens with one attached hydrogen (secondary N) is 1. The largest absolute Gasteiger partial charge is 0.392 e. The van der Waals surface area contributed by atoms with Crippen LogP contribution in [0.15, 0.2) is 54.6 Å². The third-order valence-corrected chi connectivity index (χ3v) is 5.13. The first-order valence-corrected chi connectivity index (χ1v) is 10.2. The number of halogens is 1. The van der Waals surface area contributed by atoms with Gasteiger partial charge in [0.25, 0.3) is 0 Å². The second kappa shape index (κ2) is 9.87. The molecular weight excluding hydrogens is 399 g/mol. The van der Waals surface area contributed by atoms with Gasteiger partial charge in [-0.25, -0.2) is 9.87 Å². The molecule has 6 nitrogen and oxygen atoms in total. The molecule has 164 valence electrons. The van der Waals surface area contributed by atoms with Crippen LogP contribution in [0.25, 0.3) is 28.1 Å². The molecule has 3 rings (SSSR count). The van der Waals surface area contributed by atoms with Crippen LogP contribution in [0, 0.1) is 5.82 Å². The van der Waals surface area contributed by atoms with Gasteiger partial charge in [-0.1, -0.05) is 36.4 Å². The number of aromatic nitrogens is 1. The first-order valence-electron chi connectivity index (χ1n) is 10.2. The van der Waals surface area contributed by atoms with E-state index in [9.17, 15) is 19.4 Å². The zero-order valence-corrected chi connectivity index (χ0v) is 17.5. The van der Waals surface area contributed by atoms with Crippen LogP contribution in [0.2, 0.25) is 0 Å². The Balaban J connectivity index is 2.03. The highest BCUT2D eigenvalue weighted by atomic mass is 19.1. The number of rotatable bonds is 8. The third-order valence-electron chi connectivity index (χ3n) is 5.13. The number of hydrogen-bond donors (Lipinski definition) is 4. The van der Waals surface area contributed by atoms with E-state index in [1.807, 2.05) is 24.3 Å². The number of hydrogen-bond acceptors (Lipinski definition) is 4. The van der Waals surface area contributed by atoms with Gasteiger partial charge in [-0.15, -0.1) is 0 Å². The quantitative estimate of drug-likeness (QED) is 0.323. The molecular formula is C24H27FN2O4. The van der Waals surface area contributed by atoms with Crippen LogP contribution in [0.4, 0.5) is 4.39 Å². The lowest BCUT2D eigenvalue weighted by atomic mass is 10.0. The fourth-order valence-electron chi connectivity index (χ4n) is 3.83. The monoisotopic (exact) mass is 426 g/mol. The van der Waals surface area contributed by atoms with Gasteiger partial charge >= 0.3 is 0 Å². The Labute approximate surface area is 180 Å². The van der Waals surface area contributed by atoms with E-state index >= 15 is 0 Å². The number of carbonyl (C=O) groups excluding carboxylic acids is 1. The molecule has 1 aromatic heterocycles. The van der Waals surface area contributed by atoms with Crippen molar-refractivity contribution in [3.63, 3.8) is 0 Å². The van der Waals surface area contributed by atoms with Crippen LogP contribution in [0.1, 0.15) is 38.4 Å². The second-order valence-electron chi connectivity index (χ2n) is 7.80. The van der Waals surface area contributed by atoms with Crippen LogP contribution in [-0.4, -0.2) is 38.1 Å². The van der Waals surface area contributed by atoms with Gasteiger partial charge in [-0.2, -0.15) is 0 Å². The predicted molar refractivity (Wildman–Crippen MR) is 118 cm³/mol. The van der Waals surface area contributed by atoms with Crippen LogP contribution >= 0.6 is 0 Å². The van der Waals surface area contributed by atoms with Gasteiger partial charge in [-0.3, -0.25) is 10.0 Å². The number of aliphatic hydroxyl groups is 2. The first kappa shape index (κ1) is 22.7. The summed E-state index contributed by atoms with van der Waals surface area (Å²) in [4.78, 5) is 11.2. The molecule has 2 aromatic carbocycles. The molecule has 0 radical (unpaired) electrons. The number of aliphatic hydroxyl groups excluding tert-OH is 2. The average molecular weight is 426 g/mol. The van der Waals surface area contributed by atoms with Crippen LogP contribution in [0.5, 0.6) is 0 Å². The molecule has 0 aliphatic carbocycles. The molecule has 0 spiro atoms. The topological polar surface area (TPSA) is 94.7 Å². The lowest BCUT2D eigenvalue weighted by molar-refractivity contribution is -0.131. The van der Waals surface area contributed by atoms with Crippen molar-refractivity contribution in [1.29, 1.82) is 0 Å². The summed E-state index contributed by atoms with van der Waals surface area (Å²) in [5.74, 6) is -1.04. The summed E-state index contributed by atoms with van der Waals surface area (Å²) in [6.45, 7) is 4.12. The van der Waals surface area contributed by atoms with Gasteiger partial charge < -0.3 is 14.8 Å². The Morgan fingerprint density at radius 2 is 1.81 bits per heavy atom. The smallest absolute Gasteiger partial charge is 0.245 e. The van der Waals surface area contributed by atoms with E-state index in [1.165, 1.54) is 17.6 Å². The van der Waals surface area contributed by atoms with Crippen LogP contribution in [0.3, 0.4) is 0 Å². The summed E-state index contributed by atoms with van der Waals surface area (Å²) in [5.41, 5.74) is 5.11. The third kappa shape index (κ3) is 5.19. The number of para-hydroxylation sites is 1. The molecule has 1 amide bonds. The van der Waals surface area contributed by atoms with E-state index in [-0.39, 0.29) is 24.7 Å². The van der Waals surface area contributed by atoms with Crippen LogP contribution < -0.4 is 5.48 Å². The van der Waals surface area contributed by atoms with Gasteiger partial charge in [0.15, 0.2) is 0 Å². The predicted octanol–water partition coefficient (Wildman–Crippen LogP) is 4.05. The summed E-state index contributed by atoms with van der Waals surface area (Å²) < 4.78 is 15.7. The van der Waals surface area contributed by atoms with Crippen molar-refractivity contribution in [1.82, 2.24) is 10.0 Å². The van der Waals surface area contributed by atoms with Crippen molar-refractivity contribution in [2.24, 2.45) is 0 Å². The van der Waals surface area contributed by atoms with E-state index < -0.39 is 18.1 Å². The van der Waals surface area contributed by atoms with Crippen molar-refractivity contribution in [2.75, 3.05) is 0 Å². The van der Waals surface area contributed by atoms with Gasteiger partial charge in [0.05, 0.1) is 18.6 Å². The minimum atomic E-state index is -1.10. The molecule has 4 N–H and O–H groups in total. The molecule has 3 aromatic rings. The second-order valence-corrected chi connectivity index (χ2v) is 7.80. The summed E-state index contributed by atoms with van der Waals surface area (Å²) in [6.07, 6.45) is 0.898. The first-order chi connectivity index (χ1) is 14.8. The van der Waals surface area contributed by atoms with Gasteiger partial charge in [0.2, 0.25) is 5.91 Å². The Hall–Kier alpha value is -3.00. The molecule has 0 aliphatic rings. The average Bonchev–Trinajstić information content (AvgIpc) is 3.07. The van der Waals surface area contributed by atoms with Gasteiger partial charge in [-0.05, 0) is 43.7 Å². The maximum absolute atomic E-state index is 13.5. The number of benzene rings is 2. The highest BCUT2D eigenvalue weighted by molar-refractivity contribution is 6.01. The van der Waals surface area contributed by atoms with E-state index in [0.29, 0.717) is 0 Å². The minimum Gasteiger partial charge on any atom is -0.392 e. The van der Waals surface area contributed by atoms with Crippen molar-refractivity contribution >= 4 is 22.9 Å². The van der Waals surface area contributed by atoms with E-state index in [1.54, 1.807) is 24.3 Å². The Kier molecular flexibility index (Phi) is 7.22. The lowest BCUT2D eigenvalue weighted by Crippen LogP contribution is -2.26. The Morgan fingerprint density at radius 1 is 1.13 bits per heavy atom. The normalized spacial score (nSPS) is 13.8. The van der Waals surface area contributed by atoms with Gasteiger partial charge in [0.1, 0.15) is 5.82 Å². The summed E-state index contributed by atoms with van der Waals surface area (Å²) in [6, 6.07) is 14.4. The van der Waals surface area contributed by atoms with Gasteiger partial charge in [0, 0.05) is 34.6 Å². The fraction of sp³-hybridized carbons (Fsp3) is 0.292. The number of amides is 1. The zero-order chi connectivity index (χ0) is 22.5. The number of hydroxylamine groups is 1. The summed E-state index contributed by atoms with van der Waals surface area (Å²) in [5, 5.41) is 29.9. The Bertz CT molecular complexity index is 1070. The maximum Gasteiger partial charge on any atom is 0.245 e. The molecule has 0 saturated carbocycles. The maximum atomic E-state index is 13.5. The highest BCUT2D eigenvalue weighted by Crippen LogP contribution is 2.38.